The van der Waals surface area contributed by atoms with E-state index in [0.29, 0.717) is 16.6 Å². The largest absolute Gasteiger partial charge is 0.294 e. The van der Waals surface area contributed by atoms with Crippen molar-refractivity contribution in [3.8, 4) is 0 Å². The van der Waals surface area contributed by atoms with Crippen molar-refractivity contribution in [3.63, 3.8) is 0 Å². The van der Waals surface area contributed by atoms with Gasteiger partial charge < -0.3 is 0 Å². The average molecular weight is 329 g/mol. The lowest BCUT2D eigenvalue weighted by molar-refractivity contribution is 0.482. The molecule has 7 heteroatoms. The Bertz CT molecular complexity index is 659. The Labute approximate surface area is 113 Å². The monoisotopic (exact) mass is 328 g/mol. The molecule has 0 radical (unpaired) electrons. The van der Waals surface area contributed by atoms with Crippen LogP contribution in [-0.2, 0) is 16.5 Å². The number of hydrogen-bond acceptors (Lipinski definition) is 4. The van der Waals surface area contributed by atoms with Gasteiger partial charge in [0, 0.05) is 30.6 Å². The molecule has 5 nitrogen and oxygen atoms in total. The zero-order valence-electron chi connectivity index (χ0n) is 9.12. The number of pyridine rings is 2. The molecular formula is C11H9BrN2O3S. The molecule has 1 N–H and O–H groups in total. The molecule has 2 rings (SSSR count). The fourth-order valence-corrected chi connectivity index (χ4v) is 2.88. The SMILES string of the molecule is O=S(=O)(O)c1ccnc(Br)c1Cc1cccnc1. The standard InChI is InChI=1S/C11H9BrN2O3S/c12-11-9(6-8-2-1-4-13-7-8)10(3-5-14-11)18(15,16)17/h1-5,7H,6H2,(H,15,16,17). The Balaban J connectivity index is 2.51. The molecule has 0 fully saturated rings. The fourth-order valence-electron chi connectivity index (χ4n) is 1.56. The van der Waals surface area contributed by atoms with Gasteiger partial charge in [-0.05, 0) is 33.6 Å². The van der Waals surface area contributed by atoms with Gasteiger partial charge in [0.05, 0.1) is 0 Å². The third-order valence-corrected chi connectivity index (χ3v) is 3.96. The summed E-state index contributed by atoms with van der Waals surface area (Å²) in [6.07, 6.45) is 4.90. The molecule has 2 aromatic rings. The molecule has 2 heterocycles. The van der Waals surface area contributed by atoms with Crippen molar-refractivity contribution in [2.45, 2.75) is 11.3 Å². The number of nitrogens with zero attached hydrogens (tertiary/aromatic N) is 2. The van der Waals surface area contributed by atoms with Crippen LogP contribution in [0.15, 0.2) is 46.3 Å². The van der Waals surface area contributed by atoms with Gasteiger partial charge in [0.25, 0.3) is 10.1 Å². The number of rotatable bonds is 3. The average Bonchev–Trinajstić information content (AvgIpc) is 2.32. The van der Waals surface area contributed by atoms with Crippen LogP contribution in [0.5, 0.6) is 0 Å². The van der Waals surface area contributed by atoms with E-state index in [1.54, 1.807) is 18.5 Å². The van der Waals surface area contributed by atoms with Crippen LogP contribution in [0.25, 0.3) is 0 Å². The lowest BCUT2D eigenvalue weighted by Gasteiger charge is -2.08. The van der Waals surface area contributed by atoms with Gasteiger partial charge in [0.15, 0.2) is 0 Å². The van der Waals surface area contributed by atoms with Gasteiger partial charge in [0.1, 0.15) is 9.50 Å². The molecule has 0 aliphatic carbocycles. The van der Waals surface area contributed by atoms with Crippen LogP contribution >= 0.6 is 15.9 Å². The van der Waals surface area contributed by atoms with Crippen molar-refractivity contribution >= 4 is 26.0 Å². The fraction of sp³-hybridized carbons (Fsp3) is 0.0909. The van der Waals surface area contributed by atoms with E-state index in [4.69, 9.17) is 0 Å². The Hall–Kier alpha value is -1.31. The zero-order chi connectivity index (χ0) is 13.2. The molecular weight excluding hydrogens is 320 g/mol. The molecule has 0 aliphatic heterocycles. The predicted octanol–water partition coefficient (Wildman–Crippen LogP) is 2.08. The summed E-state index contributed by atoms with van der Waals surface area (Å²) >= 11 is 3.19. The van der Waals surface area contributed by atoms with Gasteiger partial charge in [-0.2, -0.15) is 8.42 Å². The van der Waals surface area contributed by atoms with Crippen LogP contribution in [0.4, 0.5) is 0 Å². The maximum Gasteiger partial charge on any atom is 0.294 e. The van der Waals surface area contributed by atoms with Crippen molar-refractivity contribution in [3.05, 3.63) is 52.5 Å². The first-order valence-electron chi connectivity index (χ1n) is 4.98. The molecule has 0 amide bonds. The van der Waals surface area contributed by atoms with E-state index >= 15 is 0 Å². The molecule has 0 saturated heterocycles. The maximum atomic E-state index is 11.3. The van der Waals surface area contributed by atoms with Crippen molar-refractivity contribution in [2.75, 3.05) is 0 Å². The minimum Gasteiger partial charge on any atom is -0.282 e. The van der Waals surface area contributed by atoms with Crippen molar-refractivity contribution < 1.29 is 13.0 Å². The quantitative estimate of drug-likeness (QED) is 0.689. The first-order chi connectivity index (χ1) is 8.48. The second kappa shape index (κ2) is 5.13. The summed E-state index contributed by atoms with van der Waals surface area (Å²) in [7, 11) is -4.27. The molecule has 0 atom stereocenters. The van der Waals surface area contributed by atoms with Gasteiger partial charge in [-0.15, -0.1) is 0 Å². The van der Waals surface area contributed by atoms with Crippen molar-refractivity contribution in [2.24, 2.45) is 0 Å². The summed E-state index contributed by atoms with van der Waals surface area (Å²) in [6, 6.07) is 4.85. The predicted molar refractivity (Wildman–Crippen MR) is 68.8 cm³/mol. The van der Waals surface area contributed by atoms with E-state index in [1.165, 1.54) is 12.3 Å². The summed E-state index contributed by atoms with van der Waals surface area (Å²) in [5.74, 6) is 0. The van der Waals surface area contributed by atoms with Crippen molar-refractivity contribution in [1.29, 1.82) is 0 Å². The van der Waals surface area contributed by atoms with E-state index in [-0.39, 0.29) is 4.90 Å². The Morgan fingerprint density at radius 3 is 2.67 bits per heavy atom. The zero-order valence-corrected chi connectivity index (χ0v) is 11.5. The Kier molecular flexibility index (Phi) is 3.74. The third kappa shape index (κ3) is 2.92. The lowest BCUT2D eigenvalue weighted by atomic mass is 10.1. The van der Waals surface area contributed by atoms with Gasteiger partial charge in [0.2, 0.25) is 0 Å². The van der Waals surface area contributed by atoms with Crippen LogP contribution in [0.1, 0.15) is 11.1 Å². The molecule has 18 heavy (non-hydrogen) atoms. The van der Waals surface area contributed by atoms with Gasteiger partial charge in [-0.1, -0.05) is 6.07 Å². The van der Waals surface area contributed by atoms with Gasteiger partial charge in [-0.3, -0.25) is 9.54 Å². The molecule has 0 saturated carbocycles. The van der Waals surface area contributed by atoms with Crippen molar-refractivity contribution in [1.82, 2.24) is 9.97 Å². The van der Waals surface area contributed by atoms with Crippen LogP contribution in [-0.4, -0.2) is 22.9 Å². The van der Waals surface area contributed by atoms with Crippen LogP contribution in [0.2, 0.25) is 0 Å². The molecule has 0 aliphatic rings. The van der Waals surface area contributed by atoms with Gasteiger partial charge >= 0.3 is 0 Å². The summed E-state index contributed by atoms with van der Waals surface area (Å²) in [4.78, 5) is 7.78. The van der Waals surface area contributed by atoms with Crippen LogP contribution in [0.3, 0.4) is 0 Å². The number of aromatic nitrogens is 2. The molecule has 2 aromatic heterocycles. The van der Waals surface area contributed by atoms with Crippen LogP contribution in [0, 0.1) is 0 Å². The summed E-state index contributed by atoms with van der Waals surface area (Å²) in [5.41, 5.74) is 1.24. The molecule has 0 unspecified atom stereocenters. The summed E-state index contributed by atoms with van der Waals surface area (Å²) in [5, 5.41) is 0. The summed E-state index contributed by atoms with van der Waals surface area (Å²) < 4.78 is 32.1. The van der Waals surface area contributed by atoms with E-state index in [0.717, 1.165) is 5.56 Å². The highest BCUT2D eigenvalue weighted by molar-refractivity contribution is 9.10. The number of halogens is 1. The van der Waals surface area contributed by atoms with Gasteiger partial charge in [-0.25, -0.2) is 4.98 Å². The lowest BCUT2D eigenvalue weighted by Crippen LogP contribution is -2.05. The molecule has 0 spiro atoms. The first-order valence-corrected chi connectivity index (χ1v) is 7.21. The topological polar surface area (TPSA) is 80.2 Å². The second-order valence-electron chi connectivity index (χ2n) is 3.59. The minimum absolute atomic E-state index is 0.145. The highest BCUT2D eigenvalue weighted by atomic mass is 79.9. The molecule has 0 bridgehead atoms. The second-order valence-corrected chi connectivity index (χ2v) is 5.73. The van der Waals surface area contributed by atoms with E-state index < -0.39 is 10.1 Å². The number of hydrogen-bond donors (Lipinski definition) is 1. The first kappa shape index (κ1) is 13.1. The third-order valence-electron chi connectivity index (χ3n) is 2.34. The maximum absolute atomic E-state index is 11.3. The molecule has 94 valence electrons. The summed E-state index contributed by atoms with van der Waals surface area (Å²) in [6.45, 7) is 0. The van der Waals surface area contributed by atoms with E-state index in [1.807, 2.05) is 6.07 Å². The smallest absolute Gasteiger partial charge is 0.282 e. The van der Waals surface area contributed by atoms with E-state index in [9.17, 15) is 13.0 Å². The highest BCUT2D eigenvalue weighted by Gasteiger charge is 2.18. The highest BCUT2D eigenvalue weighted by Crippen LogP contribution is 2.24. The Morgan fingerprint density at radius 1 is 1.28 bits per heavy atom. The minimum atomic E-state index is -4.27. The molecule has 0 aromatic carbocycles. The van der Waals surface area contributed by atoms with Crippen LogP contribution < -0.4 is 0 Å². The Morgan fingerprint density at radius 2 is 2.06 bits per heavy atom. The van der Waals surface area contributed by atoms with E-state index in [2.05, 4.69) is 25.9 Å². The normalized spacial score (nSPS) is 11.4.